The van der Waals surface area contributed by atoms with E-state index in [4.69, 9.17) is 0 Å². The molecule has 104 valence electrons. The number of benzene rings is 2. The summed E-state index contributed by atoms with van der Waals surface area (Å²) in [4.78, 5) is 2.45. The molecule has 1 fully saturated rings. The van der Waals surface area contributed by atoms with Gasteiger partial charge in [0.05, 0.1) is 5.54 Å². The highest BCUT2D eigenvalue weighted by atomic mass is 79.9. The molecule has 1 unspecified atom stereocenters. The maximum Gasteiger partial charge on any atom is 0.0584 e. The highest BCUT2D eigenvalue weighted by molar-refractivity contribution is 9.10. The van der Waals surface area contributed by atoms with E-state index in [0.717, 1.165) is 24.1 Å². The van der Waals surface area contributed by atoms with E-state index in [0.29, 0.717) is 0 Å². The van der Waals surface area contributed by atoms with Crippen LogP contribution in [0.1, 0.15) is 12.5 Å². The molecule has 2 aromatic carbocycles. The lowest BCUT2D eigenvalue weighted by atomic mass is 9.89. The van der Waals surface area contributed by atoms with Crippen molar-refractivity contribution >= 4 is 21.6 Å². The van der Waals surface area contributed by atoms with E-state index in [-0.39, 0.29) is 5.54 Å². The molecular weight excluding hydrogens is 312 g/mol. The summed E-state index contributed by atoms with van der Waals surface area (Å²) >= 11 is 3.50. The topological polar surface area (TPSA) is 15.3 Å². The number of hydrogen-bond acceptors (Lipinski definition) is 2. The fourth-order valence-corrected chi connectivity index (χ4v) is 3.12. The summed E-state index contributed by atoms with van der Waals surface area (Å²) in [7, 11) is 0. The standard InChI is InChI=1S/C17H19BrN2/c1-17(14-5-3-2-4-6-14)13-20(12-11-19-17)16-9-7-15(18)8-10-16/h2-10,19H,11-13H2,1H3. The molecule has 0 aliphatic carbocycles. The fourth-order valence-electron chi connectivity index (χ4n) is 2.86. The van der Waals surface area contributed by atoms with Crippen molar-refractivity contribution in [1.82, 2.24) is 5.32 Å². The molecule has 1 aliphatic rings. The quantitative estimate of drug-likeness (QED) is 0.901. The van der Waals surface area contributed by atoms with Crippen molar-refractivity contribution < 1.29 is 0 Å². The summed E-state index contributed by atoms with van der Waals surface area (Å²) in [6, 6.07) is 19.3. The van der Waals surface area contributed by atoms with Gasteiger partial charge in [0.15, 0.2) is 0 Å². The highest BCUT2D eigenvalue weighted by Crippen LogP contribution is 2.28. The van der Waals surface area contributed by atoms with Crippen LogP contribution < -0.4 is 10.2 Å². The zero-order valence-electron chi connectivity index (χ0n) is 11.6. The maximum atomic E-state index is 3.67. The predicted octanol–water partition coefficient (Wildman–Crippen LogP) is 3.77. The molecule has 1 aliphatic heterocycles. The van der Waals surface area contributed by atoms with Crippen LogP contribution in [0.25, 0.3) is 0 Å². The van der Waals surface area contributed by atoms with Gasteiger partial charge in [0.2, 0.25) is 0 Å². The minimum atomic E-state index is 0.00653. The number of rotatable bonds is 2. The van der Waals surface area contributed by atoms with Gasteiger partial charge in [-0.2, -0.15) is 0 Å². The Morgan fingerprint density at radius 1 is 1.05 bits per heavy atom. The molecular formula is C17H19BrN2. The molecule has 20 heavy (non-hydrogen) atoms. The normalized spacial score (nSPS) is 22.8. The van der Waals surface area contributed by atoms with Crippen LogP contribution in [0.3, 0.4) is 0 Å². The third kappa shape index (κ3) is 2.74. The van der Waals surface area contributed by atoms with Gasteiger partial charge in [-0.3, -0.25) is 0 Å². The second kappa shape index (κ2) is 5.58. The monoisotopic (exact) mass is 330 g/mol. The number of anilines is 1. The second-order valence-electron chi connectivity index (χ2n) is 5.52. The third-order valence-corrected chi connectivity index (χ3v) is 4.54. The molecule has 1 atom stereocenters. The molecule has 2 aromatic rings. The van der Waals surface area contributed by atoms with Crippen molar-refractivity contribution in [2.45, 2.75) is 12.5 Å². The van der Waals surface area contributed by atoms with Crippen LogP contribution in [0.2, 0.25) is 0 Å². The number of nitrogens with one attached hydrogen (secondary N) is 1. The fraction of sp³-hybridized carbons (Fsp3) is 0.294. The Bertz CT molecular complexity index is 567. The van der Waals surface area contributed by atoms with Gasteiger partial charge in [-0.15, -0.1) is 0 Å². The highest BCUT2D eigenvalue weighted by Gasteiger charge is 2.32. The molecule has 3 rings (SSSR count). The van der Waals surface area contributed by atoms with Gasteiger partial charge in [-0.1, -0.05) is 46.3 Å². The average molecular weight is 331 g/mol. The van der Waals surface area contributed by atoms with Crippen LogP contribution in [0.15, 0.2) is 59.1 Å². The lowest BCUT2D eigenvalue weighted by Crippen LogP contribution is -2.56. The van der Waals surface area contributed by atoms with E-state index in [1.807, 2.05) is 0 Å². The van der Waals surface area contributed by atoms with Crippen LogP contribution in [-0.4, -0.2) is 19.6 Å². The molecule has 0 bridgehead atoms. The summed E-state index contributed by atoms with van der Waals surface area (Å²) in [5, 5.41) is 3.67. The molecule has 3 heteroatoms. The van der Waals surface area contributed by atoms with Crippen molar-refractivity contribution in [3.63, 3.8) is 0 Å². The average Bonchev–Trinajstić information content (AvgIpc) is 2.49. The van der Waals surface area contributed by atoms with E-state index in [2.05, 4.69) is 87.7 Å². The van der Waals surface area contributed by atoms with Crippen molar-refractivity contribution in [3.05, 3.63) is 64.6 Å². The van der Waals surface area contributed by atoms with Crippen molar-refractivity contribution in [1.29, 1.82) is 0 Å². The van der Waals surface area contributed by atoms with Crippen LogP contribution in [0.4, 0.5) is 5.69 Å². The smallest absolute Gasteiger partial charge is 0.0584 e. The second-order valence-corrected chi connectivity index (χ2v) is 6.44. The Kier molecular flexibility index (Phi) is 3.81. The Balaban J connectivity index is 1.84. The number of hydrogen-bond donors (Lipinski definition) is 1. The van der Waals surface area contributed by atoms with E-state index in [1.165, 1.54) is 11.3 Å². The van der Waals surface area contributed by atoms with Gasteiger partial charge < -0.3 is 10.2 Å². The van der Waals surface area contributed by atoms with Crippen LogP contribution >= 0.6 is 15.9 Å². The zero-order valence-corrected chi connectivity index (χ0v) is 13.2. The van der Waals surface area contributed by atoms with E-state index < -0.39 is 0 Å². The number of piperazine rings is 1. The minimum absolute atomic E-state index is 0.00653. The van der Waals surface area contributed by atoms with Crippen LogP contribution in [0, 0.1) is 0 Å². The molecule has 0 saturated carbocycles. The lowest BCUT2D eigenvalue weighted by molar-refractivity contribution is 0.332. The van der Waals surface area contributed by atoms with Crippen LogP contribution in [0.5, 0.6) is 0 Å². The Morgan fingerprint density at radius 3 is 2.45 bits per heavy atom. The van der Waals surface area contributed by atoms with Crippen molar-refractivity contribution in [2.75, 3.05) is 24.5 Å². The Hall–Kier alpha value is -1.32. The number of nitrogens with zero attached hydrogens (tertiary/aromatic N) is 1. The van der Waals surface area contributed by atoms with Crippen LogP contribution in [-0.2, 0) is 5.54 Å². The molecule has 1 N–H and O–H groups in total. The van der Waals surface area contributed by atoms with E-state index >= 15 is 0 Å². The maximum absolute atomic E-state index is 3.67. The first-order chi connectivity index (χ1) is 9.67. The van der Waals surface area contributed by atoms with Gasteiger partial charge in [0.25, 0.3) is 0 Å². The molecule has 1 heterocycles. The first kappa shape index (κ1) is 13.7. The minimum Gasteiger partial charge on any atom is -0.368 e. The number of halogens is 1. The zero-order chi connectivity index (χ0) is 14.0. The largest absolute Gasteiger partial charge is 0.368 e. The van der Waals surface area contributed by atoms with Gasteiger partial charge in [0, 0.05) is 29.8 Å². The molecule has 0 spiro atoms. The summed E-state index contributed by atoms with van der Waals surface area (Å²) in [5.74, 6) is 0. The van der Waals surface area contributed by atoms with E-state index in [1.54, 1.807) is 0 Å². The van der Waals surface area contributed by atoms with Crippen molar-refractivity contribution in [2.24, 2.45) is 0 Å². The van der Waals surface area contributed by atoms with Gasteiger partial charge >= 0.3 is 0 Å². The summed E-state index contributed by atoms with van der Waals surface area (Å²) in [6.45, 7) is 5.32. The molecule has 1 saturated heterocycles. The van der Waals surface area contributed by atoms with Gasteiger partial charge in [-0.05, 0) is 36.8 Å². The Labute approximate surface area is 128 Å². The van der Waals surface area contributed by atoms with E-state index in [9.17, 15) is 0 Å². The molecule has 2 nitrogen and oxygen atoms in total. The molecule has 0 aromatic heterocycles. The summed E-state index contributed by atoms with van der Waals surface area (Å²) < 4.78 is 1.13. The first-order valence-corrected chi connectivity index (χ1v) is 7.78. The SMILES string of the molecule is CC1(c2ccccc2)CN(c2ccc(Br)cc2)CCN1. The first-order valence-electron chi connectivity index (χ1n) is 6.98. The Morgan fingerprint density at radius 2 is 1.75 bits per heavy atom. The van der Waals surface area contributed by atoms with Gasteiger partial charge in [0.1, 0.15) is 0 Å². The molecule has 0 amide bonds. The van der Waals surface area contributed by atoms with Crippen molar-refractivity contribution in [3.8, 4) is 0 Å². The predicted molar refractivity (Wildman–Crippen MR) is 88.2 cm³/mol. The third-order valence-electron chi connectivity index (χ3n) is 4.01. The molecule has 0 radical (unpaired) electrons. The summed E-state index contributed by atoms with van der Waals surface area (Å²) in [5.41, 5.74) is 2.64. The van der Waals surface area contributed by atoms with Gasteiger partial charge in [-0.25, -0.2) is 0 Å². The lowest BCUT2D eigenvalue weighted by Gasteiger charge is -2.43. The summed E-state index contributed by atoms with van der Waals surface area (Å²) in [6.07, 6.45) is 0.